The van der Waals surface area contributed by atoms with Gasteiger partial charge in [0, 0.05) is 11.5 Å². The van der Waals surface area contributed by atoms with Crippen LogP contribution in [0.4, 0.5) is 0 Å². The minimum Gasteiger partial charge on any atom is -0.392 e. The van der Waals surface area contributed by atoms with Crippen molar-refractivity contribution in [2.75, 3.05) is 0 Å². The molecule has 2 saturated carbocycles. The summed E-state index contributed by atoms with van der Waals surface area (Å²) in [6.45, 7) is 6.13. The fourth-order valence-corrected chi connectivity index (χ4v) is 3.25. The number of hydrogen-bond acceptors (Lipinski definition) is 3. The van der Waals surface area contributed by atoms with Gasteiger partial charge in [-0.15, -0.1) is 0 Å². The van der Waals surface area contributed by atoms with Crippen molar-refractivity contribution in [2.45, 2.75) is 70.6 Å². The first-order valence-corrected chi connectivity index (χ1v) is 7.03. The monoisotopic (exact) mass is 254 g/mol. The first kappa shape index (κ1) is 13.8. The number of nitrogens with two attached hydrogens (primary N) is 1. The number of amides is 1. The molecule has 0 spiro atoms. The largest absolute Gasteiger partial charge is 0.392 e. The number of aliphatic hydroxyl groups is 1. The van der Waals surface area contributed by atoms with E-state index in [4.69, 9.17) is 5.73 Å². The lowest BCUT2D eigenvalue weighted by Crippen LogP contribution is -2.66. The van der Waals surface area contributed by atoms with E-state index in [1.165, 1.54) is 6.42 Å². The molecule has 4 unspecified atom stereocenters. The summed E-state index contributed by atoms with van der Waals surface area (Å²) < 4.78 is 0. The van der Waals surface area contributed by atoms with Crippen LogP contribution in [-0.2, 0) is 4.79 Å². The molecule has 2 fully saturated rings. The second kappa shape index (κ2) is 4.49. The van der Waals surface area contributed by atoms with Gasteiger partial charge in [-0.05, 0) is 25.2 Å². The van der Waals surface area contributed by atoms with Crippen molar-refractivity contribution in [3.8, 4) is 0 Å². The highest BCUT2D eigenvalue weighted by Gasteiger charge is 2.49. The molecule has 4 heteroatoms. The molecular weight excluding hydrogens is 228 g/mol. The zero-order chi connectivity index (χ0) is 13.6. The average Bonchev–Trinajstić information content (AvgIpc) is 2.28. The number of carbonyl (C=O) groups is 1. The van der Waals surface area contributed by atoms with Crippen LogP contribution in [0.1, 0.15) is 52.9 Å². The Balaban J connectivity index is 1.96. The van der Waals surface area contributed by atoms with Crippen LogP contribution in [0.15, 0.2) is 0 Å². The van der Waals surface area contributed by atoms with E-state index >= 15 is 0 Å². The van der Waals surface area contributed by atoms with E-state index in [1.807, 2.05) is 13.8 Å². The fraction of sp³-hybridized carbons (Fsp3) is 0.929. The second-order valence-electron chi connectivity index (χ2n) is 6.96. The average molecular weight is 254 g/mol. The molecule has 0 saturated heterocycles. The van der Waals surface area contributed by atoms with Crippen molar-refractivity contribution in [3.05, 3.63) is 0 Å². The standard InChI is InChI=1S/C14H26N2O2/c1-9-5-4-6-14(15,8-9)12(18)16-10-7-11(17)13(10,2)3/h9-11,17H,4-8,15H2,1-3H3,(H,16,18). The number of nitrogens with one attached hydrogen (secondary N) is 1. The first-order valence-electron chi connectivity index (χ1n) is 7.03. The van der Waals surface area contributed by atoms with Crippen LogP contribution in [0.3, 0.4) is 0 Å². The molecule has 0 heterocycles. The Hall–Kier alpha value is -0.610. The molecule has 18 heavy (non-hydrogen) atoms. The van der Waals surface area contributed by atoms with Crippen molar-refractivity contribution < 1.29 is 9.90 Å². The summed E-state index contributed by atoms with van der Waals surface area (Å²) in [5.41, 5.74) is 5.34. The number of carbonyl (C=O) groups excluding carboxylic acids is 1. The van der Waals surface area contributed by atoms with E-state index in [1.54, 1.807) is 0 Å². The third-order valence-corrected chi connectivity index (χ3v) is 5.01. The molecule has 4 nitrogen and oxygen atoms in total. The van der Waals surface area contributed by atoms with Gasteiger partial charge in [0.15, 0.2) is 0 Å². The summed E-state index contributed by atoms with van der Waals surface area (Å²) in [6.07, 6.45) is 4.07. The molecule has 2 aliphatic carbocycles. The van der Waals surface area contributed by atoms with Crippen molar-refractivity contribution in [3.63, 3.8) is 0 Å². The Morgan fingerprint density at radius 2 is 2.11 bits per heavy atom. The molecule has 0 aromatic rings. The van der Waals surface area contributed by atoms with Crippen LogP contribution in [0.5, 0.6) is 0 Å². The first-order chi connectivity index (χ1) is 8.25. The van der Waals surface area contributed by atoms with E-state index in [2.05, 4.69) is 12.2 Å². The van der Waals surface area contributed by atoms with Crippen molar-refractivity contribution in [1.29, 1.82) is 0 Å². The van der Waals surface area contributed by atoms with Crippen molar-refractivity contribution in [1.82, 2.24) is 5.32 Å². The Morgan fingerprint density at radius 3 is 2.61 bits per heavy atom. The van der Waals surface area contributed by atoms with Crippen LogP contribution >= 0.6 is 0 Å². The predicted octanol–water partition coefficient (Wildman–Crippen LogP) is 1.17. The molecule has 2 rings (SSSR count). The lowest BCUT2D eigenvalue weighted by molar-refractivity contribution is -0.136. The summed E-state index contributed by atoms with van der Waals surface area (Å²) >= 11 is 0. The third-order valence-electron chi connectivity index (χ3n) is 5.01. The van der Waals surface area contributed by atoms with E-state index in [-0.39, 0.29) is 23.5 Å². The number of aliphatic hydroxyl groups excluding tert-OH is 1. The highest BCUT2D eigenvalue weighted by Crippen LogP contribution is 2.41. The van der Waals surface area contributed by atoms with Gasteiger partial charge in [-0.1, -0.05) is 33.6 Å². The topological polar surface area (TPSA) is 75.4 Å². The molecule has 0 radical (unpaired) electrons. The lowest BCUT2D eigenvalue weighted by atomic mass is 9.64. The van der Waals surface area contributed by atoms with E-state index < -0.39 is 5.54 Å². The predicted molar refractivity (Wildman–Crippen MR) is 70.9 cm³/mol. The molecule has 2 aliphatic rings. The molecule has 0 aromatic heterocycles. The zero-order valence-electron chi connectivity index (χ0n) is 11.7. The Morgan fingerprint density at radius 1 is 1.44 bits per heavy atom. The zero-order valence-corrected chi connectivity index (χ0v) is 11.7. The van der Waals surface area contributed by atoms with Crippen LogP contribution in [0.2, 0.25) is 0 Å². The van der Waals surface area contributed by atoms with Crippen molar-refractivity contribution >= 4 is 5.91 Å². The molecule has 0 bridgehead atoms. The fourth-order valence-electron chi connectivity index (χ4n) is 3.25. The summed E-state index contributed by atoms with van der Waals surface area (Å²) in [5.74, 6) is 0.494. The Bertz CT molecular complexity index is 343. The Kier molecular flexibility index (Phi) is 3.45. The second-order valence-corrected chi connectivity index (χ2v) is 6.96. The SMILES string of the molecule is CC1CCCC(N)(C(=O)NC2CC(O)C2(C)C)C1. The van der Waals surface area contributed by atoms with Crippen LogP contribution in [0, 0.1) is 11.3 Å². The lowest BCUT2D eigenvalue weighted by Gasteiger charge is -2.50. The summed E-state index contributed by atoms with van der Waals surface area (Å²) in [7, 11) is 0. The van der Waals surface area contributed by atoms with Gasteiger partial charge in [-0.2, -0.15) is 0 Å². The number of hydrogen-bond donors (Lipinski definition) is 3. The number of rotatable bonds is 2. The molecule has 4 atom stereocenters. The van der Waals surface area contributed by atoms with Crippen LogP contribution in [0.25, 0.3) is 0 Å². The highest BCUT2D eigenvalue weighted by molar-refractivity contribution is 5.86. The summed E-state index contributed by atoms with van der Waals surface area (Å²) in [4.78, 5) is 12.3. The summed E-state index contributed by atoms with van der Waals surface area (Å²) in [5, 5.41) is 12.7. The van der Waals surface area contributed by atoms with E-state index in [9.17, 15) is 9.90 Å². The highest BCUT2D eigenvalue weighted by atomic mass is 16.3. The normalized spacial score (nSPS) is 43.1. The molecule has 0 aromatic carbocycles. The quantitative estimate of drug-likeness (QED) is 0.692. The third kappa shape index (κ3) is 2.28. The maximum atomic E-state index is 12.3. The molecule has 4 N–H and O–H groups in total. The maximum absolute atomic E-state index is 12.3. The van der Waals surface area contributed by atoms with E-state index in [0.29, 0.717) is 12.3 Å². The van der Waals surface area contributed by atoms with Gasteiger partial charge < -0.3 is 16.2 Å². The van der Waals surface area contributed by atoms with Gasteiger partial charge in [0.1, 0.15) is 0 Å². The van der Waals surface area contributed by atoms with Gasteiger partial charge in [0.25, 0.3) is 0 Å². The smallest absolute Gasteiger partial charge is 0.240 e. The van der Waals surface area contributed by atoms with Gasteiger partial charge in [-0.25, -0.2) is 0 Å². The molecule has 0 aliphatic heterocycles. The van der Waals surface area contributed by atoms with Gasteiger partial charge >= 0.3 is 0 Å². The van der Waals surface area contributed by atoms with Crippen molar-refractivity contribution in [2.24, 2.45) is 17.1 Å². The molecular formula is C14H26N2O2. The minimum absolute atomic E-state index is 0.0287. The molecule has 104 valence electrons. The van der Waals surface area contributed by atoms with Gasteiger partial charge in [-0.3, -0.25) is 4.79 Å². The Labute approximate surface area is 109 Å². The maximum Gasteiger partial charge on any atom is 0.240 e. The van der Waals surface area contributed by atoms with Gasteiger partial charge in [0.05, 0.1) is 11.6 Å². The van der Waals surface area contributed by atoms with Crippen LogP contribution in [-0.4, -0.2) is 28.7 Å². The summed E-state index contributed by atoms with van der Waals surface area (Å²) in [6, 6.07) is 0.0534. The minimum atomic E-state index is -0.700. The van der Waals surface area contributed by atoms with Crippen LogP contribution < -0.4 is 11.1 Å². The van der Waals surface area contributed by atoms with Gasteiger partial charge in [0.2, 0.25) is 5.91 Å². The molecule has 1 amide bonds. The van der Waals surface area contributed by atoms with E-state index in [0.717, 1.165) is 19.3 Å².